The molecular formula is C13H14N2O6S2. The van der Waals surface area contributed by atoms with E-state index < -0.39 is 15.8 Å². The average molecular weight is 358 g/mol. The molecule has 0 fully saturated rings. The normalized spacial score (nSPS) is 11.1. The Balaban J connectivity index is 2.25. The number of nitrogens with zero attached hydrogens (tertiary/aromatic N) is 2. The smallest absolute Gasteiger partial charge is 0.345 e. The van der Waals surface area contributed by atoms with Gasteiger partial charge in [-0.3, -0.25) is 0 Å². The monoisotopic (exact) mass is 358 g/mol. The molecule has 124 valence electrons. The Bertz CT molecular complexity index is 798. The molecule has 0 atom stereocenters. The second-order valence-corrected chi connectivity index (χ2v) is 7.40. The molecule has 0 aliphatic heterocycles. The fourth-order valence-electron chi connectivity index (χ4n) is 1.65. The van der Waals surface area contributed by atoms with Gasteiger partial charge in [0.1, 0.15) is 6.61 Å². The second kappa shape index (κ2) is 6.92. The highest BCUT2D eigenvalue weighted by atomic mass is 32.2. The minimum Gasteiger partial charge on any atom is -0.481 e. The molecule has 0 saturated carbocycles. The fourth-order valence-corrected chi connectivity index (χ4v) is 3.42. The maximum Gasteiger partial charge on any atom is 0.345 e. The van der Waals surface area contributed by atoms with E-state index in [0.717, 1.165) is 13.4 Å². The van der Waals surface area contributed by atoms with Crippen LogP contribution in [0.25, 0.3) is 0 Å². The topological polar surface area (TPSA) is 105 Å². The zero-order valence-electron chi connectivity index (χ0n) is 12.6. The molecule has 23 heavy (non-hydrogen) atoms. The Kier molecular flexibility index (Phi) is 5.16. The van der Waals surface area contributed by atoms with Crippen molar-refractivity contribution in [2.24, 2.45) is 0 Å². The Morgan fingerprint density at radius 3 is 2.57 bits per heavy atom. The molecule has 0 radical (unpaired) electrons. The zero-order valence-corrected chi connectivity index (χ0v) is 14.2. The van der Waals surface area contributed by atoms with Crippen LogP contribution in [-0.4, -0.2) is 44.2 Å². The summed E-state index contributed by atoms with van der Waals surface area (Å²) in [6.45, 7) is 0.0634. The van der Waals surface area contributed by atoms with Crippen LogP contribution in [0.2, 0.25) is 0 Å². The Hall–Kier alpha value is -2.20. The number of aromatic nitrogens is 2. The number of sulfone groups is 1. The molecule has 0 N–H and O–H groups in total. The van der Waals surface area contributed by atoms with Crippen LogP contribution in [0.4, 0.5) is 0 Å². The van der Waals surface area contributed by atoms with Crippen LogP contribution in [0.3, 0.4) is 0 Å². The number of carbonyl (C=O) groups excluding carboxylic acids is 1. The van der Waals surface area contributed by atoms with Crippen molar-refractivity contribution >= 4 is 27.3 Å². The van der Waals surface area contributed by atoms with Gasteiger partial charge in [0.05, 0.1) is 14.2 Å². The van der Waals surface area contributed by atoms with Crippen molar-refractivity contribution < 1.29 is 27.4 Å². The van der Waals surface area contributed by atoms with E-state index in [2.05, 4.69) is 14.1 Å². The molecule has 0 amide bonds. The molecule has 10 heteroatoms. The van der Waals surface area contributed by atoms with Crippen molar-refractivity contribution in [2.75, 3.05) is 20.5 Å². The molecule has 8 nitrogen and oxygen atoms in total. The lowest BCUT2D eigenvalue weighted by Gasteiger charge is -2.06. The predicted molar refractivity (Wildman–Crippen MR) is 81.7 cm³/mol. The van der Waals surface area contributed by atoms with Gasteiger partial charge in [0.15, 0.2) is 19.6 Å². The van der Waals surface area contributed by atoms with E-state index in [1.54, 1.807) is 18.3 Å². The molecule has 0 aromatic carbocycles. The van der Waals surface area contributed by atoms with E-state index in [9.17, 15) is 13.2 Å². The summed E-state index contributed by atoms with van der Waals surface area (Å²) in [6, 6.07) is 3.39. The first-order valence-corrected chi connectivity index (χ1v) is 8.93. The van der Waals surface area contributed by atoms with Crippen LogP contribution in [0.15, 0.2) is 22.5 Å². The van der Waals surface area contributed by atoms with Gasteiger partial charge in [-0.1, -0.05) is 0 Å². The fraction of sp³-hybridized carbons (Fsp3) is 0.308. The molecule has 0 spiro atoms. The molecular weight excluding hydrogens is 344 g/mol. The first-order valence-electron chi connectivity index (χ1n) is 6.26. The molecule has 0 unspecified atom stereocenters. The second-order valence-electron chi connectivity index (χ2n) is 4.41. The predicted octanol–water partition coefficient (Wildman–Crippen LogP) is 1.32. The minimum atomic E-state index is -3.61. The lowest BCUT2D eigenvalue weighted by molar-refractivity contribution is 0.0591. The largest absolute Gasteiger partial charge is 0.481 e. The standard InChI is InChI=1S/C13H14N2O6S2/c1-19-9-5-4-8(6-14-9)7-21-11-10(12(16)20-2)13(22-15-11)23(3,17)18/h4-6H,7H2,1-3H3. The first-order chi connectivity index (χ1) is 10.9. The summed E-state index contributed by atoms with van der Waals surface area (Å²) in [5, 5.41) is 0. The van der Waals surface area contributed by atoms with Crippen molar-refractivity contribution in [1.29, 1.82) is 0 Å². The van der Waals surface area contributed by atoms with Crippen LogP contribution in [0, 0.1) is 0 Å². The number of ether oxygens (including phenoxy) is 3. The van der Waals surface area contributed by atoms with Gasteiger partial charge in [-0.25, -0.2) is 18.2 Å². The van der Waals surface area contributed by atoms with Crippen molar-refractivity contribution in [1.82, 2.24) is 9.36 Å². The van der Waals surface area contributed by atoms with Crippen LogP contribution in [0.1, 0.15) is 15.9 Å². The Morgan fingerprint density at radius 2 is 2.04 bits per heavy atom. The van der Waals surface area contributed by atoms with Gasteiger partial charge in [0, 0.05) is 24.1 Å². The van der Waals surface area contributed by atoms with Gasteiger partial charge in [0.25, 0.3) is 0 Å². The summed E-state index contributed by atoms with van der Waals surface area (Å²) < 4.78 is 42.1. The summed E-state index contributed by atoms with van der Waals surface area (Å²) in [5.41, 5.74) is 0.511. The third-order valence-electron chi connectivity index (χ3n) is 2.74. The number of esters is 1. The Morgan fingerprint density at radius 1 is 1.30 bits per heavy atom. The van der Waals surface area contributed by atoms with Crippen LogP contribution in [0.5, 0.6) is 11.8 Å². The number of rotatable bonds is 6. The van der Waals surface area contributed by atoms with Crippen LogP contribution < -0.4 is 9.47 Å². The summed E-state index contributed by atoms with van der Waals surface area (Å²) >= 11 is 0.669. The van der Waals surface area contributed by atoms with Gasteiger partial charge in [0.2, 0.25) is 11.8 Å². The number of methoxy groups -OCH3 is 2. The SMILES string of the molecule is COC(=O)c1c(OCc2ccc(OC)nc2)nsc1S(C)(=O)=O. The van der Waals surface area contributed by atoms with Gasteiger partial charge in [-0.15, -0.1) is 0 Å². The minimum absolute atomic E-state index is 0.0634. The van der Waals surface area contributed by atoms with E-state index >= 15 is 0 Å². The van der Waals surface area contributed by atoms with Gasteiger partial charge < -0.3 is 14.2 Å². The van der Waals surface area contributed by atoms with Gasteiger partial charge in [-0.05, 0) is 17.6 Å². The quantitative estimate of drug-likeness (QED) is 0.712. The van der Waals surface area contributed by atoms with Crippen molar-refractivity contribution in [2.45, 2.75) is 10.8 Å². The molecule has 0 bridgehead atoms. The summed E-state index contributed by atoms with van der Waals surface area (Å²) in [4.78, 5) is 15.8. The van der Waals surface area contributed by atoms with Crippen LogP contribution >= 0.6 is 11.5 Å². The lowest BCUT2D eigenvalue weighted by Crippen LogP contribution is -2.09. The highest BCUT2D eigenvalue weighted by molar-refractivity contribution is 7.92. The average Bonchev–Trinajstić information content (AvgIpc) is 2.96. The molecule has 0 aliphatic rings. The maximum atomic E-state index is 11.8. The molecule has 2 rings (SSSR count). The molecule has 0 aliphatic carbocycles. The van der Waals surface area contributed by atoms with Crippen molar-refractivity contribution in [3.8, 4) is 11.8 Å². The number of pyridine rings is 1. The van der Waals surface area contributed by atoms with Crippen molar-refractivity contribution in [3.05, 3.63) is 29.5 Å². The molecule has 0 saturated heterocycles. The zero-order chi connectivity index (χ0) is 17.0. The van der Waals surface area contributed by atoms with E-state index in [-0.39, 0.29) is 22.3 Å². The summed E-state index contributed by atoms with van der Waals surface area (Å²) in [6.07, 6.45) is 2.53. The van der Waals surface area contributed by atoms with Crippen molar-refractivity contribution in [3.63, 3.8) is 0 Å². The number of carbonyl (C=O) groups is 1. The molecule has 2 aromatic heterocycles. The van der Waals surface area contributed by atoms with E-state index in [4.69, 9.17) is 9.47 Å². The number of hydrogen-bond acceptors (Lipinski definition) is 9. The lowest BCUT2D eigenvalue weighted by atomic mass is 10.3. The summed E-state index contributed by atoms with van der Waals surface area (Å²) in [5.74, 6) is -0.447. The van der Waals surface area contributed by atoms with Gasteiger partial charge >= 0.3 is 5.97 Å². The number of hydrogen-bond donors (Lipinski definition) is 0. The molecule has 2 heterocycles. The van der Waals surface area contributed by atoms with Crippen LogP contribution in [-0.2, 0) is 21.2 Å². The highest BCUT2D eigenvalue weighted by Crippen LogP contribution is 2.30. The van der Waals surface area contributed by atoms with E-state index in [1.807, 2.05) is 0 Å². The summed E-state index contributed by atoms with van der Waals surface area (Å²) in [7, 11) is -0.954. The first kappa shape index (κ1) is 17.2. The maximum absolute atomic E-state index is 11.8. The Labute approximate surface area is 137 Å². The van der Waals surface area contributed by atoms with Gasteiger partial charge in [-0.2, -0.15) is 4.37 Å². The molecule has 2 aromatic rings. The van der Waals surface area contributed by atoms with E-state index in [0.29, 0.717) is 23.0 Å². The third-order valence-corrected chi connectivity index (χ3v) is 5.37. The third kappa shape index (κ3) is 3.96. The van der Waals surface area contributed by atoms with E-state index in [1.165, 1.54) is 7.11 Å². The highest BCUT2D eigenvalue weighted by Gasteiger charge is 2.28.